The Morgan fingerprint density at radius 2 is 1.86 bits per heavy atom. The normalized spacial score (nSPS) is 29.8. The van der Waals surface area contributed by atoms with Crippen molar-refractivity contribution in [1.82, 2.24) is 0 Å². The van der Waals surface area contributed by atoms with Crippen LogP contribution < -0.4 is 0 Å². The Bertz CT molecular complexity index is 622. The van der Waals surface area contributed by atoms with Crippen LogP contribution in [0.5, 0.6) is 0 Å². The maximum Gasteiger partial charge on any atom is 0.187 e. The smallest absolute Gasteiger partial charge is 0.187 e. The average molecular weight is 396 g/mol. The van der Waals surface area contributed by atoms with Crippen LogP contribution in [-0.4, -0.2) is 86.8 Å². The molecule has 7 atom stereocenters. The summed E-state index contributed by atoms with van der Waals surface area (Å²) in [4.78, 5) is 0. The first-order valence-corrected chi connectivity index (χ1v) is 9.00. The average Bonchev–Trinajstić information content (AvgIpc) is 2.69. The van der Waals surface area contributed by atoms with E-state index in [2.05, 4.69) is 23.7 Å². The molecule has 0 aromatic carbocycles. The molecule has 1 aliphatic rings. The molecule has 1 heterocycles. The number of aliphatic hydroxyl groups excluding tert-OH is 6. The molecule has 0 bridgehead atoms. The van der Waals surface area contributed by atoms with Crippen LogP contribution in [0.2, 0.25) is 0 Å². The number of ether oxygens (including phenoxy) is 2. The largest absolute Gasteiger partial charge is 0.396 e. The van der Waals surface area contributed by atoms with Crippen molar-refractivity contribution in [2.24, 2.45) is 0 Å². The molecular weight excluding hydrogens is 368 g/mol. The zero-order chi connectivity index (χ0) is 20.9. The molecule has 8 nitrogen and oxygen atoms in total. The standard InChI is InChI=1S/C20H28O8/c1-2-3-4-5-7-10-14(23)15(11-8-6-9-12-21)27-20-19(26)18(25)17(24)16(13-22)28-20/h2-3,8,11,14-26H,6,9,12-13H2,1H3/b3-2+,11-8+/t14-,15-,16-,17-,18+,19-,20-/m1/s1. The van der Waals surface area contributed by atoms with E-state index in [1.165, 1.54) is 6.08 Å². The van der Waals surface area contributed by atoms with E-state index in [0.717, 1.165) is 0 Å². The molecule has 0 aliphatic carbocycles. The lowest BCUT2D eigenvalue weighted by Gasteiger charge is -2.40. The van der Waals surface area contributed by atoms with E-state index in [4.69, 9.17) is 14.6 Å². The fourth-order valence-corrected chi connectivity index (χ4v) is 2.35. The lowest BCUT2D eigenvalue weighted by atomic mass is 9.99. The van der Waals surface area contributed by atoms with E-state index in [0.29, 0.717) is 12.8 Å². The van der Waals surface area contributed by atoms with E-state index in [1.54, 1.807) is 25.2 Å². The Balaban J connectivity index is 2.92. The van der Waals surface area contributed by atoms with Gasteiger partial charge in [0.15, 0.2) is 6.29 Å². The molecule has 0 amide bonds. The Kier molecular flexibility index (Phi) is 11.7. The van der Waals surface area contributed by atoms with Crippen LogP contribution in [0.3, 0.4) is 0 Å². The van der Waals surface area contributed by atoms with E-state index in [-0.39, 0.29) is 6.61 Å². The van der Waals surface area contributed by atoms with E-state index < -0.39 is 49.5 Å². The molecule has 156 valence electrons. The molecule has 0 aromatic rings. The third-order valence-corrected chi connectivity index (χ3v) is 3.91. The highest BCUT2D eigenvalue weighted by atomic mass is 16.7. The predicted molar refractivity (Wildman–Crippen MR) is 100 cm³/mol. The number of hydrogen-bond acceptors (Lipinski definition) is 8. The fourth-order valence-electron chi connectivity index (χ4n) is 2.35. The van der Waals surface area contributed by atoms with E-state index >= 15 is 0 Å². The molecule has 6 N–H and O–H groups in total. The van der Waals surface area contributed by atoms with Gasteiger partial charge in [-0.1, -0.05) is 30.1 Å². The third kappa shape index (κ3) is 7.72. The molecule has 0 unspecified atom stereocenters. The van der Waals surface area contributed by atoms with E-state index in [1.807, 2.05) is 0 Å². The number of unbranched alkanes of at least 4 members (excludes halogenated alkanes) is 1. The van der Waals surface area contributed by atoms with Crippen LogP contribution in [0.1, 0.15) is 19.8 Å². The van der Waals surface area contributed by atoms with Crippen molar-refractivity contribution in [3.63, 3.8) is 0 Å². The maximum atomic E-state index is 10.3. The van der Waals surface area contributed by atoms with Gasteiger partial charge in [-0.05, 0) is 37.7 Å². The fraction of sp³-hybridized carbons (Fsp3) is 0.600. The minimum atomic E-state index is -1.60. The van der Waals surface area contributed by atoms with Gasteiger partial charge in [-0.2, -0.15) is 0 Å². The Hall–Kier alpha value is -1.72. The summed E-state index contributed by atoms with van der Waals surface area (Å²) < 4.78 is 10.9. The molecule has 1 rings (SSSR count). The van der Waals surface area contributed by atoms with Gasteiger partial charge >= 0.3 is 0 Å². The molecule has 1 fully saturated rings. The lowest BCUT2D eigenvalue weighted by Crippen LogP contribution is -2.60. The molecule has 8 heteroatoms. The first kappa shape index (κ1) is 24.3. The van der Waals surface area contributed by atoms with Gasteiger partial charge in [0, 0.05) is 6.61 Å². The minimum absolute atomic E-state index is 0.00543. The van der Waals surface area contributed by atoms with Gasteiger partial charge < -0.3 is 40.1 Å². The van der Waals surface area contributed by atoms with Gasteiger partial charge in [-0.3, -0.25) is 0 Å². The molecule has 0 aromatic heterocycles. The molecule has 1 saturated heterocycles. The summed E-state index contributed by atoms with van der Waals surface area (Å²) in [5.74, 6) is 10.2. The number of hydrogen-bond donors (Lipinski definition) is 6. The van der Waals surface area contributed by atoms with Crippen molar-refractivity contribution in [2.75, 3.05) is 13.2 Å². The second-order valence-corrected chi connectivity index (χ2v) is 6.08. The molecular formula is C20H28O8. The van der Waals surface area contributed by atoms with Crippen LogP contribution in [-0.2, 0) is 9.47 Å². The topological polar surface area (TPSA) is 140 Å². The minimum Gasteiger partial charge on any atom is -0.396 e. The van der Waals surface area contributed by atoms with Crippen LogP contribution >= 0.6 is 0 Å². The summed E-state index contributed by atoms with van der Waals surface area (Å²) in [6.45, 7) is 1.22. The summed E-state index contributed by atoms with van der Waals surface area (Å²) in [7, 11) is 0. The number of rotatable bonds is 8. The summed E-state index contributed by atoms with van der Waals surface area (Å²) in [5, 5.41) is 58.2. The SMILES string of the molecule is C/C=C/C#CC#C[C@@H](O)[C@@H](/C=C/CCCO)O[C@@H]1O[C@H](CO)[C@@H](O)[C@H](O)[C@H]1O. The van der Waals surface area contributed by atoms with Crippen molar-refractivity contribution in [2.45, 2.75) is 62.7 Å². The van der Waals surface area contributed by atoms with Crippen molar-refractivity contribution in [1.29, 1.82) is 0 Å². The van der Waals surface area contributed by atoms with Crippen molar-refractivity contribution in [3.8, 4) is 23.7 Å². The van der Waals surface area contributed by atoms with Gasteiger partial charge in [0.1, 0.15) is 36.6 Å². The summed E-state index contributed by atoms with van der Waals surface area (Å²) >= 11 is 0. The Morgan fingerprint density at radius 3 is 2.50 bits per heavy atom. The first-order chi connectivity index (χ1) is 13.5. The van der Waals surface area contributed by atoms with Crippen LogP contribution in [0, 0.1) is 23.7 Å². The van der Waals surface area contributed by atoms with Crippen LogP contribution in [0.25, 0.3) is 0 Å². The summed E-state index contributed by atoms with van der Waals surface area (Å²) in [6.07, 6.45) is -2.07. The second kappa shape index (κ2) is 13.5. The quantitative estimate of drug-likeness (QED) is 0.165. The Labute approximate surface area is 164 Å². The highest BCUT2D eigenvalue weighted by Gasteiger charge is 2.45. The van der Waals surface area contributed by atoms with Crippen molar-refractivity contribution >= 4 is 0 Å². The zero-order valence-electron chi connectivity index (χ0n) is 15.7. The Morgan fingerprint density at radius 1 is 1.11 bits per heavy atom. The highest BCUT2D eigenvalue weighted by Crippen LogP contribution is 2.23. The van der Waals surface area contributed by atoms with E-state index in [9.17, 15) is 25.5 Å². The highest BCUT2D eigenvalue weighted by molar-refractivity contribution is 5.32. The predicted octanol–water partition coefficient (Wildman–Crippen LogP) is -1.56. The third-order valence-electron chi connectivity index (χ3n) is 3.91. The monoisotopic (exact) mass is 396 g/mol. The zero-order valence-corrected chi connectivity index (χ0v) is 15.7. The van der Waals surface area contributed by atoms with Gasteiger partial charge in [-0.25, -0.2) is 0 Å². The van der Waals surface area contributed by atoms with Crippen molar-refractivity contribution in [3.05, 3.63) is 24.3 Å². The molecule has 1 aliphatic heterocycles. The number of aliphatic hydroxyl groups is 6. The van der Waals surface area contributed by atoms with Crippen molar-refractivity contribution < 1.29 is 40.1 Å². The van der Waals surface area contributed by atoms with Gasteiger partial charge in [0.2, 0.25) is 0 Å². The lowest BCUT2D eigenvalue weighted by molar-refractivity contribution is -0.311. The molecule has 0 spiro atoms. The molecule has 0 radical (unpaired) electrons. The summed E-state index contributed by atoms with van der Waals surface area (Å²) in [6, 6.07) is 0. The maximum absolute atomic E-state index is 10.3. The molecule has 28 heavy (non-hydrogen) atoms. The van der Waals surface area contributed by atoms with Gasteiger partial charge in [0.25, 0.3) is 0 Å². The second-order valence-electron chi connectivity index (χ2n) is 6.08. The van der Waals surface area contributed by atoms with Gasteiger partial charge in [-0.15, -0.1) is 0 Å². The van der Waals surface area contributed by atoms with Crippen LogP contribution in [0.4, 0.5) is 0 Å². The van der Waals surface area contributed by atoms with Gasteiger partial charge in [0.05, 0.1) is 6.61 Å². The molecule has 0 saturated carbocycles. The van der Waals surface area contributed by atoms with Crippen LogP contribution in [0.15, 0.2) is 24.3 Å². The first-order valence-electron chi connectivity index (χ1n) is 9.00. The number of allylic oxidation sites excluding steroid dienone is 3. The summed E-state index contributed by atoms with van der Waals surface area (Å²) in [5.41, 5.74) is 0.